The van der Waals surface area contributed by atoms with E-state index in [0.717, 1.165) is 22.2 Å². The van der Waals surface area contributed by atoms with E-state index < -0.39 is 6.03 Å². The van der Waals surface area contributed by atoms with Crippen molar-refractivity contribution in [3.8, 4) is 0 Å². The van der Waals surface area contributed by atoms with Gasteiger partial charge in [-0.1, -0.05) is 23.8 Å². The van der Waals surface area contributed by atoms with Gasteiger partial charge in [0.05, 0.1) is 5.52 Å². The van der Waals surface area contributed by atoms with Crippen molar-refractivity contribution >= 4 is 28.3 Å². The molecule has 0 saturated carbocycles. The summed E-state index contributed by atoms with van der Waals surface area (Å²) in [5.74, 6) is 0. The summed E-state index contributed by atoms with van der Waals surface area (Å²) < 4.78 is 0. The number of urea groups is 1. The number of fused-ring (bicyclic) bond motifs is 1. The summed E-state index contributed by atoms with van der Waals surface area (Å²) >= 11 is 0. The molecule has 116 valence electrons. The van der Waals surface area contributed by atoms with Crippen molar-refractivity contribution in [2.24, 2.45) is 5.73 Å². The van der Waals surface area contributed by atoms with Gasteiger partial charge in [-0.25, -0.2) is 4.79 Å². The van der Waals surface area contributed by atoms with E-state index >= 15 is 0 Å². The second-order valence-corrected chi connectivity index (χ2v) is 5.42. The van der Waals surface area contributed by atoms with Crippen LogP contribution in [0.1, 0.15) is 11.1 Å². The minimum atomic E-state index is -0.561. The number of carbonyl (C=O) groups is 1. The minimum Gasteiger partial charge on any atom is -0.380 e. The molecule has 4 N–H and O–H groups in total. The number of aromatic nitrogens is 1. The standard InChI is InChI=1S/C18H18N4O/c1-12-2-7-16-15(10-12)17(8-9-20-16)21-11-13-3-5-14(6-4-13)22-18(19)23/h2-10H,11H2,1H3,(H,20,21)(H3,19,22,23). The maximum atomic E-state index is 10.8. The van der Waals surface area contributed by atoms with Gasteiger partial charge < -0.3 is 16.4 Å². The Hall–Kier alpha value is -3.08. The molecule has 5 heteroatoms. The highest BCUT2D eigenvalue weighted by Gasteiger charge is 2.03. The van der Waals surface area contributed by atoms with E-state index in [1.54, 1.807) is 6.20 Å². The summed E-state index contributed by atoms with van der Waals surface area (Å²) in [6.45, 7) is 2.75. The van der Waals surface area contributed by atoms with Crippen LogP contribution in [0.2, 0.25) is 0 Å². The number of primary amides is 1. The average molecular weight is 306 g/mol. The molecule has 0 aliphatic heterocycles. The van der Waals surface area contributed by atoms with Crippen LogP contribution in [0, 0.1) is 6.92 Å². The number of benzene rings is 2. The van der Waals surface area contributed by atoms with Gasteiger partial charge in [0.15, 0.2) is 0 Å². The second-order valence-electron chi connectivity index (χ2n) is 5.42. The molecular weight excluding hydrogens is 288 g/mol. The fourth-order valence-corrected chi connectivity index (χ4v) is 2.46. The van der Waals surface area contributed by atoms with Crippen LogP contribution in [0.15, 0.2) is 54.7 Å². The third-order valence-corrected chi connectivity index (χ3v) is 3.60. The zero-order valence-electron chi connectivity index (χ0n) is 12.8. The lowest BCUT2D eigenvalue weighted by atomic mass is 10.1. The van der Waals surface area contributed by atoms with Crippen molar-refractivity contribution in [3.63, 3.8) is 0 Å². The van der Waals surface area contributed by atoms with Gasteiger partial charge in [-0.15, -0.1) is 0 Å². The molecule has 0 atom stereocenters. The number of rotatable bonds is 4. The van der Waals surface area contributed by atoms with Gasteiger partial charge in [-0.3, -0.25) is 4.98 Å². The number of nitrogens with two attached hydrogens (primary N) is 1. The lowest BCUT2D eigenvalue weighted by Gasteiger charge is -2.10. The molecule has 1 aromatic heterocycles. The molecule has 3 rings (SSSR count). The Morgan fingerprint density at radius 3 is 2.65 bits per heavy atom. The second kappa shape index (κ2) is 6.36. The lowest BCUT2D eigenvalue weighted by molar-refractivity contribution is 0.259. The Morgan fingerprint density at radius 1 is 1.13 bits per heavy atom. The highest BCUT2D eigenvalue weighted by Crippen LogP contribution is 2.23. The van der Waals surface area contributed by atoms with Gasteiger partial charge in [0, 0.05) is 29.5 Å². The molecule has 2 aromatic carbocycles. The van der Waals surface area contributed by atoms with Crippen molar-refractivity contribution in [3.05, 3.63) is 65.9 Å². The van der Waals surface area contributed by atoms with Crippen LogP contribution in [0.4, 0.5) is 16.2 Å². The molecule has 0 spiro atoms. The number of carbonyl (C=O) groups excluding carboxylic acids is 1. The third kappa shape index (κ3) is 3.58. The largest absolute Gasteiger partial charge is 0.380 e. The first-order valence-corrected chi connectivity index (χ1v) is 7.36. The maximum absolute atomic E-state index is 10.8. The summed E-state index contributed by atoms with van der Waals surface area (Å²) in [5.41, 5.74) is 10.1. The predicted octanol–water partition coefficient (Wildman–Crippen LogP) is 3.65. The smallest absolute Gasteiger partial charge is 0.316 e. The van der Waals surface area contributed by atoms with Crippen LogP contribution in [-0.2, 0) is 6.54 Å². The molecule has 0 saturated heterocycles. The van der Waals surface area contributed by atoms with E-state index in [9.17, 15) is 4.79 Å². The zero-order chi connectivity index (χ0) is 16.2. The van der Waals surface area contributed by atoms with Crippen molar-refractivity contribution in [2.45, 2.75) is 13.5 Å². The van der Waals surface area contributed by atoms with Crippen LogP contribution in [0.3, 0.4) is 0 Å². The molecule has 0 aliphatic rings. The van der Waals surface area contributed by atoms with Gasteiger partial charge in [-0.2, -0.15) is 0 Å². The van der Waals surface area contributed by atoms with E-state index in [4.69, 9.17) is 5.73 Å². The van der Waals surface area contributed by atoms with Crippen molar-refractivity contribution in [2.75, 3.05) is 10.6 Å². The highest BCUT2D eigenvalue weighted by molar-refractivity contribution is 5.91. The fraction of sp³-hybridized carbons (Fsp3) is 0.111. The van der Waals surface area contributed by atoms with E-state index in [1.807, 2.05) is 36.4 Å². The molecule has 0 aliphatic carbocycles. The normalized spacial score (nSPS) is 10.5. The fourth-order valence-electron chi connectivity index (χ4n) is 2.46. The number of nitrogens with one attached hydrogen (secondary N) is 2. The van der Waals surface area contributed by atoms with E-state index in [-0.39, 0.29) is 0 Å². The number of pyridine rings is 1. The van der Waals surface area contributed by atoms with Crippen molar-refractivity contribution < 1.29 is 4.79 Å². The van der Waals surface area contributed by atoms with Gasteiger partial charge in [0.1, 0.15) is 0 Å². The molecule has 23 heavy (non-hydrogen) atoms. The first-order valence-electron chi connectivity index (χ1n) is 7.36. The molecule has 2 amide bonds. The summed E-state index contributed by atoms with van der Waals surface area (Å²) in [5, 5.41) is 7.10. The Balaban J connectivity index is 1.75. The molecule has 5 nitrogen and oxygen atoms in total. The van der Waals surface area contributed by atoms with Crippen molar-refractivity contribution in [1.82, 2.24) is 4.98 Å². The van der Waals surface area contributed by atoms with E-state index in [2.05, 4.69) is 34.7 Å². The molecule has 0 bridgehead atoms. The first kappa shape index (κ1) is 14.8. The van der Waals surface area contributed by atoms with Crippen LogP contribution in [0.5, 0.6) is 0 Å². The summed E-state index contributed by atoms with van der Waals surface area (Å²) in [4.78, 5) is 15.2. The van der Waals surface area contributed by atoms with Gasteiger partial charge >= 0.3 is 6.03 Å². The van der Waals surface area contributed by atoms with Crippen LogP contribution in [0.25, 0.3) is 10.9 Å². The van der Waals surface area contributed by atoms with Crippen LogP contribution in [-0.4, -0.2) is 11.0 Å². The van der Waals surface area contributed by atoms with Gasteiger partial charge in [-0.05, 0) is 42.8 Å². The number of hydrogen-bond donors (Lipinski definition) is 3. The molecule has 1 heterocycles. The number of amides is 2. The first-order chi connectivity index (χ1) is 11.1. The number of nitrogens with zero attached hydrogens (tertiary/aromatic N) is 1. The van der Waals surface area contributed by atoms with Gasteiger partial charge in [0.2, 0.25) is 0 Å². The SMILES string of the molecule is Cc1ccc2nccc(NCc3ccc(NC(N)=O)cc3)c2c1. The van der Waals surface area contributed by atoms with Crippen molar-refractivity contribution in [1.29, 1.82) is 0 Å². The summed E-state index contributed by atoms with van der Waals surface area (Å²) in [6, 6.07) is 15.2. The van der Waals surface area contributed by atoms with Gasteiger partial charge in [0.25, 0.3) is 0 Å². The van der Waals surface area contributed by atoms with E-state index in [1.165, 1.54) is 5.56 Å². The monoisotopic (exact) mass is 306 g/mol. The summed E-state index contributed by atoms with van der Waals surface area (Å²) in [7, 11) is 0. The molecule has 0 unspecified atom stereocenters. The Morgan fingerprint density at radius 2 is 1.91 bits per heavy atom. The highest BCUT2D eigenvalue weighted by atomic mass is 16.2. The lowest BCUT2D eigenvalue weighted by Crippen LogP contribution is -2.19. The Bertz CT molecular complexity index is 843. The molecule has 3 aromatic rings. The number of anilines is 2. The maximum Gasteiger partial charge on any atom is 0.316 e. The Labute approximate surface area is 134 Å². The predicted molar refractivity (Wildman–Crippen MR) is 93.5 cm³/mol. The number of aryl methyl sites for hydroxylation is 1. The minimum absolute atomic E-state index is 0.561. The Kier molecular flexibility index (Phi) is 4.10. The summed E-state index contributed by atoms with van der Waals surface area (Å²) in [6.07, 6.45) is 1.81. The van der Waals surface area contributed by atoms with E-state index in [0.29, 0.717) is 12.2 Å². The third-order valence-electron chi connectivity index (χ3n) is 3.60. The quantitative estimate of drug-likeness (QED) is 0.688. The molecule has 0 radical (unpaired) electrons. The number of hydrogen-bond acceptors (Lipinski definition) is 3. The van der Waals surface area contributed by atoms with Crippen LogP contribution < -0.4 is 16.4 Å². The molecular formula is C18H18N4O. The van der Waals surface area contributed by atoms with Crippen LogP contribution >= 0.6 is 0 Å². The average Bonchev–Trinajstić information content (AvgIpc) is 2.53. The topological polar surface area (TPSA) is 80.0 Å². The zero-order valence-corrected chi connectivity index (χ0v) is 12.8. The molecule has 0 fully saturated rings.